The lowest BCUT2D eigenvalue weighted by molar-refractivity contribution is -0.113. The lowest BCUT2D eigenvalue weighted by Gasteiger charge is -2.24. The van der Waals surface area contributed by atoms with Gasteiger partial charge in [0.15, 0.2) is 0 Å². The quantitative estimate of drug-likeness (QED) is 0.881. The number of benzene rings is 1. The molecule has 4 rings (SSSR count). The number of carbonyl (C=O) groups excluding carboxylic acids is 1. The summed E-state index contributed by atoms with van der Waals surface area (Å²) in [7, 11) is 0. The van der Waals surface area contributed by atoms with Crippen molar-refractivity contribution < 1.29 is 4.79 Å². The molecular formula is C19H23N3O2S. The summed E-state index contributed by atoms with van der Waals surface area (Å²) in [4.78, 5) is 25.0. The van der Waals surface area contributed by atoms with E-state index in [0.717, 1.165) is 24.8 Å². The van der Waals surface area contributed by atoms with E-state index >= 15 is 0 Å². The summed E-state index contributed by atoms with van der Waals surface area (Å²) in [5, 5.41) is 6.01. The maximum absolute atomic E-state index is 12.7. The average Bonchev–Trinajstić information content (AvgIpc) is 2.86. The SMILES string of the molecule is O=C1CS[C@H](Cc2ccccc2)c2c(n(C3CCCCC3)[nH]c2=O)N1. The smallest absolute Gasteiger partial charge is 0.270 e. The Hall–Kier alpha value is -1.95. The van der Waals surface area contributed by atoms with E-state index in [4.69, 9.17) is 0 Å². The molecular weight excluding hydrogens is 334 g/mol. The second-order valence-corrected chi connectivity index (χ2v) is 8.09. The van der Waals surface area contributed by atoms with Crippen molar-refractivity contribution >= 4 is 23.5 Å². The van der Waals surface area contributed by atoms with Crippen LogP contribution in [0.5, 0.6) is 0 Å². The molecule has 1 aromatic carbocycles. The maximum atomic E-state index is 12.7. The number of H-pyrrole nitrogens is 1. The number of nitrogens with one attached hydrogen (secondary N) is 2. The zero-order valence-electron chi connectivity index (χ0n) is 14.2. The van der Waals surface area contributed by atoms with Gasteiger partial charge in [0.2, 0.25) is 5.91 Å². The number of anilines is 1. The number of hydrogen-bond acceptors (Lipinski definition) is 3. The van der Waals surface area contributed by atoms with E-state index in [0.29, 0.717) is 11.6 Å². The molecule has 0 spiro atoms. The van der Waals surface area contributed by atoms with Crippen LogP contribution in [0.25, 0.3) is 0 Å². The molecule has 1 saturated carbocycles. The van der Waals surface area contributed by atoms with Crippen LogP contribution in [0.15, 0.2) is 35.1 Å². The van der Waals surface area contributed by atoms with Crippen molar-refractivity contribution in [1.82, 2.24) is 9.78 Å². The fourth-order valence-corrected chi connectivity index (χ4v) is 5.04. The molecule has 0 saturated heterocycles. The number of hydrogen-bond donors (Lipinski definition) is 2. The number of nitrogens with zero attached hydrogens (tertiary/aromatic N) is 1. The van der Waals surface area contributed by atoms with Crippen molar-refractivity contribution in [3.8, 4) is 0 Å². The topological polar surface area (TPSA) is 66.9 Å². The summed E-state index contributed by atoms with van der Waals surface area (Å²) in [5.41, 5.74) is 1.85. The summed E-state index contributed by atoms with van der Waals surface area (Å²) in [6.07, 6.45) is 6.48. The molecule has 1 amide bonds. The molecule has 0 unspecified atom stereocenters. The van der Waals surface area contributed by atoms with Crippen molar-refractivity contribution in [2.75, 3.05) is 11.1 Å². The van der Waals surface area contributed by atoms with Gasteiger partial charge in [-0.2, -0.15) is 0 Å². The van der Waals surface area contributed by atoms with Crippen LogP contribution in [-0.4, -0.2) is 21.4 Å². The number of rotatable bonds is 3. The highest BCUT2D eigenvalue weighted by Gasteiger charge is 2.31. The highest BCUT2D eigenvalue weighted by molar-refractivity contribution is 8.00. The molecule has 2 heterocycles. The predicted octanol–water partition coefficient (Wildman–Crippen LogP) is 3.65. The second kappa shape index (κ2) is 7.12. The highest BCUT2D eigenvalue weighted by Crippen LogP contribution is 2.39. The number of fused-ring (bicyclic) bond motifs is 1. The fourth-order valence-electron chi connectivity index (χ4n) is 3.92. The van der Waals surface area contributed by atoms with Gasteiger partial charge in [0.1, 0.15) is 5.82 Å². The molecule has 0 bridgehead atoms. The van der Waals surface area contributed by atoms with E-state index in [1.165, 1.54) is 24.8 Å². The molecule has 2 N–H and O–H groups in total. The average molecular weight is 357 g/mol. The summed E-state index contributed by atoms with van der Waals surface area (Å²) in [6.45, 7) is 0. The maximum Gasteiger partial charge on any atom is 0.270 e. The van der Waals surface area contributed by atoms with Gasteiger partial charge in [0.05, 0.1) is 17.4 Å². The second-order valence-electron chi connectivity index (χ2n) is 6.90. The third-order valence-electron chi connectivity index (χ3n) is 5.16. The normalized spacial score (nSPS) is 21.4. The van der Waals surface area contributed by atoms with Crippen LogP contribution in [0.3, 0.4) is 0 Å². The Labute approximate surface area is 151 Å². The predicted molar refractivity (Wildman–Crippen MR) is 101 cm³/mol. The Balaban J connectivity index is 1.72. The Kier molecular flexibility index (Phi) is 4.70. The molecule has 25 heavy (non-hydrogen) atoms. The molecule has 2 aromatic rings. The van der Waals surface area contributed by atoms with E-state index < -0.39 is 0 Å². The van der Waals surface area contributed by atoms with Gasteiger partial charge in [-0.25, -0.2) is 0 Å². The van der Waals surface area contributed by atoms with E-state index in [-0.39, 0.29) is 22.8 Å². The first-order valence-corrected chi connectivity index (χ1v) is 10.1. The van der Waals surface area contributed by atoms with Crippen LogP contribution in [0.4, 0.5) is 5.82 Å². The first-order valence-electron chi connectivity index (χ1n) is 9.02. The van der Waals surface area contributed by atoms with E-state index in [2.05, 4.69) is 22.5 Å². The highest BCUT2D eigenvalue weighted by atomic mass is 32.2. The third-order valence-corrected chi connectivity index (χ3v) is 6.40. The molecule has 6 heteroatoms. The van der Waals surface area contributed by atoms with Crippen molar-refractivity contribution in [1.29, 1.82) is 0 Å². The van der Waals surface area contributed by atoms with E-state index in [1.807, 2.05) is 22.9 Å². The summed E-state index contributed by atoms with van der Waals surface area (Å²) < 4.78 is 1.94. The van der Waals surface area contributed by atoms with Crippen molar-refractivity contribution in [2.45, 2.75) is 49.8 Å². The minimum absolute atomic E-state index is 0.00931. The van der Waals surface area contributed by atoms with Crippen molar-refractivity contribution in [2.24, 2.45) is 0 Å². The van der Waals surface area contributed by atoms with Crippen LogP contribution in [-0.2, 0) is 11.2 Å². The van der Waals surface area contributed by atoms with E-state index in [9.17, 15) is 9.59 Å². The van der Waals surface area contributed by atoms with Gasteiger partial charge in [-0.1, -0.05) is 49.6 Å². The van der Waals surface area contributed by atoms with Gasteiger partial charge in [-0.15, -0.1) is 11.8 Å². The Morgan fingerprint density at radius 3 is 2.60 bits per heavy atom. The third kappa shape index (κ3) is 3.40. The monoisotopic (exact) mass is 357 g/mol. The molecule has 2 aliphatic rings. The van der Waals surface area contributed by atoms with Crippen LogP contribution in [0, 0.1) is 0 Å². The number of thioether (sulfide) groups is 1. The number of amides is 1. The summed E-state index contributed by atoms with van der Waals surface area (Å²) >= 11 is 1.56. The molecule has 1 atom stereocenters. The Bertz CT molecular complexity index is 806. The summed E-state index contributed by atoms with van der Waals surface area (Å²) in [5.74, 6) is 1.06. The molecule has 1 aliphatic carbocycles. The number of aromatic nitrogens is 2. The van der Waals surface area contributed by atoms with Crippen molar-refractivity contribution in [3.63, 3.8) is 0 Å². The van der Waals surface area contributed by atoms with Crippen molar-refractivity contribution in [3.05, 3.63) is 51.8 Å². The zero-order chi connectivity index (χ0) is 17.2. The van der Waals surface area contributed by atoms with Gasteiger partial charge in [0.25, 0.3) is 5.56 Å². The van der Waals surface area contributed by atoms with Crippen LogP contribution < -0.4 is 10.9 Å². The minimum Gasteiger partial charge on any atom is -0.310 e. The minimum atomic E-state index is -0.0591. The lowest BCUT2D eigenvalue weighted by atomic mass is 9.95. The summed E-state index contributed by atoms with van der Waals surface area (Å²) in [6, 6.07) is 10.5. The van der Waals surface area contributed by atoms with Crippen LogP contribution >= 0.6 is 11.8 Å². The number of carbonyl (C=O) groups is 1. The molecule has 5 nitrogen and oxygen atoms in total. The van der Waals surface area contributed by atoms with Crippen LogP contribution in [0.1, 0.15) is 54.5 Å². The largest absolute Gasteiger partial charge is 0.310 e. The van der Waals surface area contributed by atoms with Crippen LogP contribution in [0.2, 0.25) is 0 Å². The van der Waals surface area contributed by atoms with Gasteiger partial charge < -0.3 is 5.32 Å². The Morgan fingerprint density at radius 1 is 1.08 bits per heavy atom. The van der Waals surface area contributed by atoms with Gasteiger partial charge in [-0.3, -0.25) is 19.4 Å². The lowest BCUT2D eigenvalue weighted by Crippen LogP contribution is -2.21. The Morgan fingerprint density at radius 2 is 1.84 bits per heavy atom. The van der Waals surface area contributed by atoms with Gasteiger partial charge in [0, 0.05) is 5.25 Å². The van der Waals surface area contributed by atoms with E-state index in [1.54, 1.807) is 11.8 Å². The van der Waals surface area contributed by atoms with Gasteiger partial charge >= 0.3 is 0 Å². The first kappa shape index (κ1) is 16.5. The van der Waals surface area contributed by atoms with Gasteiger partial charge in [-0.05, 0) is 24.8 Å². The number of aromatic amines is 1. The zero-order valence-corrected chi connectivity index (χ0v) is 15.0. The molecule has 132 valence electrons. The standard InChI is InChI=1S/C19H23N3O2S/c23-16-12-25-15(11-13-7-3-1-4-8-13)17-18(20-16)22(21-19(17)24)14-9-5-2-6-10-14/h1,3-4,7-8,14-15H,2,5-6,9-12H2,(H,20,23)(H,21,24)/t15-/m1/s1. The molecule has 0 radical (unpaired) electrons. The first-order chi connectivity index (χ1) is 12.2. The molecule has 1 fully saturated rings. The molecule has 1 aliphatic heterocycles. The molecule has 1 aromatic heterocycles. The fraction of sp³-hybridized carbons (Fsp3) is 0.474.